The lowest BCUT2D eigenvalue weighted by Crippen LogP contribution is -2.52. The lowest BCUT2D eigenvalue weighted by Gasteiger charge is -2.29. The van der Waals surface area contributed by atoms with Gasteiger partial charge in [0.25, 0.3) is 5.91 Å². The molecule has 10 nitrogen and oxygen atoms in total. The average molecular weight is 525 g/mol. The minimum atomic E-state index is -1.13. The monoisotopic (exact) mass is 524 g/mol. The lowest BCUT2D eigenvalue weighted by molar-refractivity contribution is -0.137. The molecule has 1 fully saturated rings. The van der Waals surface area contributed by atoms with Gasteiger partial charge in [-0.1, -0.05) is 24.3 Å². The summed E-state index contributed by atoms with van der Waals surface area (Å²) in [6.07, 6.45) is -0.366. The first-order valence-corrected chi connectivity index (χ1v) is 12.2. The molecule has 0 saturated carbocycles. The van der Waals surface area contributed by atoms with Crippen LogP contribution in [0.1, 0.15) is 66.7 Å². The third kappa shape index (κ3) is 6.16. The molecule has 0 spiro atoms. The Bertz CT molecular complexity index is 1290. The number of ether oxygens (including phenoxy) is 1. The molecule has 0 aliphatic carbocycles. The summed E-state index contributed by atoms with van der Waals surface area (Å²) in [6, 6.07) is 8.45. The van der Waals surface area contributed by atoms with Crippen LogP contribution in [0.25, 0.3) is 0 Å². The van der Waals surface area contributed by atoms with Gasteiger partial charge in [-0.05, 0) is 62.1 Å². The van der Waals surface area contributed by atoms with Crippen molar-refractivity contribution in [3.63, 3.8) is 0 Å². The summed E-state index contributed by atoms with van der Waals surface area (Å²) in [4.78, 5) is 63.5. The molecule has 2 aliphatic heterocycles. The van der Waals surface area contributed by atoms with Crippen LogP contribution < -0.4 is 16.0 Å². The Hall–Kier alpha value is -4.28. The highest BCUT2D eigenvalue weighted by Crippen LogP contribution is 2.28. The van der Waals surface area contributed by atoms with E-state index in [0.29, 0.717) is 22.3 Å². The van der Waals surface area contributed by atoms with Crippen LogP contribution in [0.2, 0.25) is 0 Å². The van der Waals surface area contributed by atoms with Crippen LogP contribution in [0.15, 0.2) is 42.5 Å². The molecule has 2 atom stereocenters. The summed E-state index contributed by atoms with van der Waals surface area (Å²) in [7, 11) is 0. The maximum Gasteiger partial charge on any atom is 0.408 e. The number of rotatable bonds is 6. The van der Waals surface area contributed by atoms with Gasteiger partial charge in [0, 0.05) is 25.1 Å². The topological polar surface area (TPSA) is 134 Å². The molecule has 11 heteroatoms. The molecule has 2 aliphatic rings. The van der Waals surface area contributed by atoms with E-state index in [-0.39, 0.29) is 37.7 Å². The lowest BCUT2D eigenvalue weighted by atomic mass is 10.0. The number of alkyl carbamates (subject to hydrolysis) is 1. The molecule has 5 amide bonds. The number of benzene rings is 2. The number of fused-ring (bicyclic) bond motifs is 1. The van der Waals surface area contributed by atoms with E-state index >= 15 is 0 Å². The Kier molecular flexibility index (Phi) is 7.47. The van der Waals surface area contributed by atoms with Crippen molar-refractivity contribution in [1.82, 2.24) is 20.9 Å². The van der Waals surface area contributed by atoms with Gasteiger partial charge in [-0.15, -0.1) is 0 Å². The van der Waals surface area contributed by atoms with Gasteiger partial charge in [0.2, 0.25) is 17.7 Å². The fraction of sp³-hybridized carbons (Fsp3) is 0.370. The molecule has 38 heavy (non-hydrogen) atoms. The first kappa shape index (κ1) is 26.8. The number of amides is 5. The van der Waals surface area contributed by atoms with Gasteiger partial charge in [-0.25, -0.2) is 9.18 Å². The third-order valence-corrected chi connectivity index (χ3v) is 6.18. The zero-order valence-electron chi connectivity index (χ0n) is 21.3. The maximum atomic E-state index is 13.5. The smallest absolute Gasteiger partial charge is 0.408 e. The van der Waals surface area contributed by atoms with E-state index in [4.69, 9.17) is 4.74 Å². The number of nitrogens with one attached hydrogen (secondary N) is 3. The van der Waals surface area contributed by atoms with Gasteiger partial charge in [-0.2, -0.15) is 0 Å². The number of piperidine rings is 1. The number of carbonyl (C=O) groups excluding carboxylic acids is 5. The molecule has 3 N–H and O–H groups in total. The minimum Gasteiger partial charge on any atom is -0.444 e. The number of halogens is 1. The zero-order valence-corrected chi connectivity index (χ0v) is 21.3. The Morgan fingerprint density at radius 3 is 2.50 bits per heavy atom. The highest BCUT2D eigenvalue weighted by atomic mass is 19.1. The molecule has 0 aromatic heterocycles. The SMILES string of the molecule is CC(C)(C)OC(=O)NC(C(=O)NCc1ccc2c(c1)CN(C1CCC(=O)NC1=O)C2=O)c1ccc(F)cc1. The quantitative estimate of drug-likeness (QED) is 0.497. The van der Waals surface area contributed by atoms with Gasteiger partial charge >= 0.3 is 6.09 Å². The van der Waals surface area contributed by atoms with Crippen LogP contribution in [-0.4, -0.2) is 46.3 Å². The third-order valence-electron chi connectivity index (χ3n) is 6.18. The van der Waals surface area contributed by atoms with Gasteiger partial charge < -0.3 is 20.3 Å². The van der Waals surface area contributed by atoms with E-state index in [1.54, 1.807) is 39.0 Å². The van der Waals surface area contributed by atoms with E-state index in [2.05, 4.69) is 16.0 Å². The average Bonchev–Trinajstić information content (AvgIpc) is 3.16. The largest absolute Gasteiger partial charge is 0.444 e. The summed E-state index contributed by atoms with van der Waals surface area (Å²) in [5, 5.41) is 7.57. The molecule has 2 aromatic carbocycles. The summed E-state index contributed by atoms with van der Waals surface area (Å²) < 4.78 is 18.7. The van der Waals surface area contributed by atoms with E-state index in [1.807, 2.05) is 0 Å². The van der Waals surface area contributed by atoms with Crippen molar-refractivity contribution < 1.29 is 33.1 Å². The van der Waals surface area contributed by atoms with Gasteiger partial charge in [0.15, 0.2) is 0 Å². The normalized spacial score (nSPS) is 17.9. The molecule has 2 heterocycles. The van der Waals surface area contributed by atoms with Crippen molar-refractivity contribution in [3.05, 3.63) is 70.5 Å². The standard InChI is InChI=1S/C27H29FN4O6/c1-27(2,3)38-26(37)31-22(16-5-7-18(28)8-6-16)24(35)29-13-15-4-9-19-17(12-15)14-32(25(19)36)20-10-11-21(33)30-23(20)34/h4-9,12,20,22H,10-11,13-14H2,1-3H3,(H,29,35)(H,31,37)(H,30,33,34). The van der Waals surface area contributed by atoms with E-state index in [0.717, 1.165) is 0 Å². The van der Waals surface area contributed by atoms with Crippen molar-refractivity contribution >= 4 is 29.7 Å². The Morgan fingerprint density at radius 1 is 1.13 bits per heavy atom. The zero-order chi connectivity index (χ0) is 27.6. The molecule has 2 unspecified atom stereocenters. The Morgan fingerprint density at radius 2 is 1.84 bits per heavy atom. The number of hydrogen-bond donors (Lipinski definition) is 3. The maximum absolute atomic E-state index is 13.5. The van der Waals surface area contributed by atoms with Crippen LogP contribution in [-0.2, 0) is 32.2 Å². The molecule has 0 bridgehead atoms. The number of hydrogen-bond acceptors (Lipinski definition) is 6. The number of carbonyl (C=O) groups is 5. The van der Waals surface area contributed by atoms with Crippen LogP contribution in [0.3, 0.4) is 0 Å². The first-order valence-electron chi connectivity index (χ1n) is 12.2. The van der Waals surface area contributed by atoms with E-state index < -0.39 is 41.4 Å². The van der Waals surface area contributed by atoms with Gasteiger partial charge in [-0.3, -0.25) is 24.5 Å². The molecule has 200 valence electrons. The predicted octanol–water partition coefficient (Wildman–Crippen LogP) is 2.47. The van der Waals surface area contributed by atoms with E-state index in [1.165, 1.54) is 29.2 Å². The van der Waals surface area contributed by atoms with Crippen molar-refractivity contribution in [3.8, 4) is 0 Å². The van der Waals surface area contributed by atoms with Crippen molar-refractivity contribution in [2.75, 3.05) is 0 Å². The number of imide groups is 1. The van der Waals surface area contributed by atoms with E-state index in [9.17, 15) is 28.4 Å². The van der Waals surface area contributed by atoms with Gasteiger partial charge in [0.1, 0.15) is 23.5 Å². The fourth-order valence-electron chi connectivity index (χ4n) is 4.41. The predicted molar refractivity (Wildman–Crippen MR) is 133 cm³/mol. The fourth-order valence-corrected chi connectivity index (χ4v) is 4.41. The van der Waals surface area contributed by atoms with Crippen molar-refractivity contribution in [2.24, 2.45) is 0 Å². The van der Waals surface area contributed by atoms with Crippen LogP contribution in [0.4, 0.5) is 9.18 Å². The second-order valence-electron chi connectivity index (χ2n) is 10.2. The first-order chi connectivity index (χ1) is 17.9. The highest BCUT2D eigenvalue weighted by Gasteiger charge is 2.39. The highest BCUT2D eigenvalue weighted by molar-refractivity contribution is 6.05. The molecule has 0 radical (unpaired) electrons. The number of nitrogens with zero attached hydrogens (tertiary/aromatic N) is 1. The summed E-state index contributed by atoms with van der Waals surface area (Å²) in [5.74, 6) is -2.15. The van der Waals surface area contributed by atoms with Crippen LogP contribution in [0.5, 0.6) is 0 Å². The van der Waals surface area contributed by atoms with Crippen LogP contribution in [0, 0.1) is 5.82 Å². The van der Waals surface area contributed by atoms with Gasteiger partial charge in [0.05, 0.1) is 0 Å². The second-order valence-corrected chi connectivity index (χ2v) is 10.2. The Labute approximate surface area is 218 Å². The second kappa shape index (κ2) is 10.6. The van der Waals surface area contributed by atoms with Crippen molar-refractivity contribution in [1.29, 1.82) is 0 Å². The summed E-state index contributed by atoms with van der Waals surface area (Å²) in [6.45, 7) is 5.38. The molecule has 4 rings (SSSR count). The van der Waals surface area contributed by atoms with Crippen molar-refractivity contribution in [2.45, 2.75) is 64.4 Å². The molecular formula is C27H29FN4O6. The van der Waals surface area contributed by atoms with Crippen LogP contribution >= 0.6 is 0 Å². The minimum absolute atomic E-state index is 0.0897. The molecule has 2 aromatic rings. The molecular weight excluding hydrogens is 495 g/mol. The Balaban J connectivity index is 1.44. The molecule has 1 saturated heterocycles. The summed E-state index contributed by atoms with van der Waals surface area (Å²) >= 11 is 0. The summed E-state index contributed by atoms with van der Waals surface area (Å²) in [5.41, 5.74) is 1.45.